The predicted octanol–water partition coefficient (Wildman–Crippen LogP) is 3.83. The smallest absolute Gasteiger partial charge is 0.326 e. The van der Waals surface area contributed by atoms with Crippen molar-refractivity contribution in [1.82, 2.24) is 10.3 Å². The van der Waals surface area contributed by atoms with E-state index in [1.165, 1.54) is 6.20 Å². The molecule has 6 heteroatoms. The molecule has 5 nitrogen and oxygen atoms in total. The Hall–Kier alpha value is -3.18. The van der Waals surface area contributed by atoms with Crippen LogP contribution in [-0.4, -0.2) is 28.0 Å². The summed E-state index contributed by atoms with van der Waals surface area (Å²) in [7, 11) is 0. The molecule has 0 saturated carbocycles. The molecule has 0 spiro atoms. The monoisotopic (exact) mass is 380 g/mol. The Morgan fingerprint density at radius 3 is 2.22 bits per heavy atom. The normalized spacial score (nSPS) is 11.6. The van der Waals surface area contributed by atoms with Gasteiger partial charge in [-0.05, 0) is 34.9 Å². The highest BCUT2D eigenvalue weighted by molar-refractivity contribution is 6.29. The third kappa shape index (κ3) is 4.92. The number of carbonyl (C=O) groups is 2. The highest BCUT2D eigenvalue weighted by Gasteiger charge is 2.21. The van der Waals surface area contributed by atoms with Crippen LogP contribution in [0.25, 0.3) is 11.1 Å². The molecule has 1 heterocycles. The highest BCUT2D eigenvalue weighted by atomic mass is 35.5. The van der Waals surface area contributed by atoms with Gasteiger partial charge in [-0.25, -0.2) is 9.78 Å². The van der Waals surface area contributed by atoms with Crippen molar-refractivity contribution in [2.24, 2.45) is 0 Å². The summed E-state index contributed by atoms with van der Waals surface area (Å²) in [4.78, 5) is 27.9. The van der Waals surface area contributed by atoms with Crippen LogP contribution in [0, 0.1) is 0 Å². The molecule has 27 heavy (non-hydrogen) atoms. The number of benzene rings is 2. The minimum Gasteiger partial charge on any atom is -0.480 e. The molecule has 0 aliphatic carbocycles. The summed E-state index contributed by atoms with van der Waals surface area (Å²) in [6.45, 7) is 0. The van der Waals surface area contributed by atoms with Crippen LogP contribution in [0.2, 0.25) is 5.15 Å². The van der Waals surface area contributed by atoms with Crippen LogP contribution in [0.4, 0.5) is 0 Å². The number of nitrogens with zero attached hydrogens (tertiary/aromatic N) is 1. The molecule has 1 atom stereocenters. The van der Waals surface area contributed by atoms with E-state index in [0.717, 1.165) is 11.1 Å². The van der Waals surface area contributed by atoms with Crippen molar-refractivity contribution in [3.05, 3.63) is 89.2 Å². The lowest BCUT2D eigenvalue weighted by atomic mass is 10.0. The number of pyridine rings is 1. The van der Waals surface area contributed by atoms with E-state index < -0.39 is 17.9 Å². The molecule has 1 amide bonds. The number of rotatable bonds is 6. The van der Waals surface area contributed by atoms with Crippen LogP contribution in [0.3, 0.4) is 0 Å². The van der Waals surface area contributed by atoms with E-state index >= 15 is 0 Å². The molecule has 0 aliphatic heterocycles. The summed E-state index contributed by atoms with van der Waals surface area (Å²) in [5, 5.41) is 12.3. The molecule has 2 N–H and O–H groups in total. The number of carbonyl (C=O) groups excluding carboxylic acids is 1. The number of halogens is 1. The lowest BCUT2D eigenvalue weighted by molar-refractivity contribution is -0.139. The Balaban J connectivity index is 1.70. The second kappa shape index (κ2) is 8.47. The van der Waals surface area contributed by atoms with Gasteiger partial charge in [0.15, 0.2) is 0 Å². The molecule has 2 aromatic carbocycles. The Labute approximate surface area is 161 Å². The molecule has 0 unspecified atom stereocenters. The van der Waals surface area contributed by atoms with E-state index in [1.54, 1.807) is 24.3 Å². The van der Waals surface area contributed by atoms with Crippen LogP contribution >= 0.6 is 11.6 Å². The lowest BCUT2D eigenvalue weighted by Gasteiger charge is -2.15. The SMILES string of the molecule is O=C(N[C@@H](Cc1ccc(Cl)nc1)C(=O)O)c1ccc(-c2ccccc2)cc1. The first-order valence-electron chi connectivity index (χ1n) is 8.32. The molecule has 3 aromatic rings. The van der Waals surface area contributed by atoms with E-state index in [4.69, 9.17) is 11.6 Å². The summed E-state index contributed by atoms with van der Waals surface area (Å²) < 4.78 is 0. The summed E-state index contributed by atoms with van der Waals surface area (Å²) >= 11 is 5.73. The average Bonchev–Trinajstić information content (AvgIpc) is 2.69. The zero-order valence-corrected chi connectivity index (χ0v) is 15.1. The molecule has 0 bridgehead atoms. The topological polar surface area (TPSA) is 79.3 Å². The molecule has 0 aliphatic rings. The standard InChI is InChI=1S/C21H17ClN2O3/c22-19-11-6-14(13-23-19)12-18(21(26)27)24-20(25)17-9-7-16(8-10-17)15-4-2-1-3-5-15/h1-11,13,18H,12H2,(H,24,25)(H,26,27)/t18-/m0/s1. The van der Waals surface area contributed by atoms with Crippen LogP contribution in [0.1, 0.15) is 15.9 Å². The number of nitrogens with one attached hydrogen (secondary N) is 1. The maximum atomic E-state index is 12.4. The Bertz CT molecular complexity index is 926. The van der Waals surface area contributed by atoms with E-state index in [2.05, 4.69) is 10.3 Å². The summed E-state index contributed by atoms with van der Waals surface area (Å²) in [6, 6.07) is 19.0. The van der Waals surface area contributed by atoms with Crippen LogP contribution in [-0.2, 0) is 11.2 Å². The largest absolute Gasteiger partial charge is 0.480 e. The minimum absolute atomic E-state index is 0.118. The first-order valence-corrected chi connectivity index (χ1v) is 8.70. The first kappa shape index (κ1) is 18.6. The lowest BCUT2D eigenvalue weighted by Crippen LogP contribution is -2.42. The maximum absolute atomic E-state index is 12.4. The number of carboxylic acid groups (broad SMARTS) is 1. The molecular weight excluding hydrogens is 364 g/mol. The third-order valence-corrected chi connectivity index (χ3v) is 4.31. The van der Waals surface area contributed by atoms with Gasteiger partial charge in [-0.3, -0.25) is 4.79 Å². The second-order valence-corrected chi connectivity index (χ2v) is 6.39. The van der Waals surface area contributed by atoms with Gasteiger partial charge in [-0.2, -0.15) is 0 Å². The quantitative estimate of drug-likeness (QED) is 0.637. The van der Waals surface area contributed by atoms with Gasteiger partial charge in [0.25, 0.3) is 5.91 Å². The minimum atomic E-state index is -1.11. The average molecular weight is 381 g/mol. The Morgan fingerprint density at radius 2 is 1.63 bits per heavy atom. The number of amides is 1. The third-order valence-electron chi connectivity index (χ3n) is 4.09. The van der Waals surface area contributed by atoms with Crippen molar-refractivity contribution in [2.75, 3.05) is 0 Å². The number of carboxylic acids is 1. The molecule has 0 saturated heterocycles. The van der Waals surface area contributed by atoms with E-state index in [-0.39, 0.29) is 6.42 Å². The zero-order chi connectivity index (χ0) is 19.2. The van der Waals surface area contributed by atoms with Crippen molar-refractivity contribution in [3.63, 3.8) is 0 Å². The second-order valence-electron chi connectivity index (χ2n) is 6.00. The summed E-state index contributed by atoms with van der Waals surface area (Å²) in [5.41, 5.74) is 3.10. The molecule has 3 rings (SSSR count). The number of hydrogen-bond acceptors (Lipinski definition) is 3. The molecular formula is C21H17ClN2O3. The fourth-order valence-electron chi connectivity index (χ4n) is 2.65. The number of aliphatic carboxylic acids is 1. The van der Waals surface area contributed by atoms with Gasteiger partial charge in [0.1, 0.15) is 11.2 Å². The number of hydrogen-bond donors (Lipinski definition) is 2. The van der Waals surface area contributed by atoms with Crippen LogP contribution in [0.5, 0.6) is 0 Å². The van der Waals surface area contributed by atoms with Gasteiger partial charge < -0.3 is 10.4 Å². The fourth-order valence-corrected chi connectivity index (χ4v) is 2.76. The molecule has 0 fully saturated rings. The van der Waals surface area contributed by atoms with Crippen LogP contribution in [0.15, 0.2) is 72.9 Å². The van der Waals surface area contributed by atoms with E-state index in [1.807, 2.05) is 42.5 Å². The molecule has 1 aromatic heterocycles. The fraction of sp³-hybridized carbons (Fsp3) is 0.0952. The van der Waals surface area contributed by atoms with Crippen molar-refractivity contribution >= 4 is 23.5 Å². The molecule has 136 valence electrons. The van der Waals surface area contributed by atoms with E-state index in [0.29, 0.717) is 16.3 Å². The Morgan fingerprint density at radius 1 is 0.963 bits per heavy atom. The van der Waals surface area contributed by atoms with Gasteiger partial charge in [-0.1, -0.05) is 60.1 Å². The molecule has 0 radical (unpaired) electrons. The summed E-state index contributed by atoms with van der Waals surface area (Å²) in [6.07, 6.45) is 1.62. The zero-order valence-electron chi connectivity index (χ0n) is 14.3. The van der Waals surface area contributed by atoms with Gasteiger partial charge in [0, 0.05) is 18.2 Å². The van der Waals surface area contributed by atoms with Crippen molar-refractivity contribution in [2.45, 2.75) is 12.5 Å². The first-order chi connectivity index (χ1) is 13.0. The van der Waals surface area contributed by atoms with Crippen molar-refractivity contribution in [1.29, 1.82) is 0 Å². The van der Waals surface area contributed by atoms with E-state index in [9.17, 15) is 14.7 Å². The van der Waals surface area contributed by atoms with Gasteiger partial charge >= 0.3 is 5.97 Å². The highest BCUT2D eigenvalue weighted by Crippen LogP contribution is 2.19. The Kier molecular flexibility index (Phi) is 5.84. The predicted molar refractivity (Wildman–Crippen MR) is 104 cm³/mol. The van der Waals surface area contributed by atoms with Crippen molar-refractivity contribution in [3.8, 4) is 11.1 Å². The number of aromatic nitrogens is 1. The van der Waals surface area contributed by atoms with Gasteiger partial charge in [0.05, 0.1) is 0 Å². The summed E-state index contributed by atoms with van der Waals surface area (Å²) in [5.74, 6) is -1.55. The van der Waals surface area contributed by atoms with Crippen LogP contribution < -0.4 is 5.32 Å². The van der Waals surface area contributed by atoms with Gasteiger partial charge in [-0.15, -0.1) is 0 Å². The van der Waals surface area contributed by atoms with Crippen molar-refractivity contribution < 1.29 is 14.7 Å². The maximum Gasteiger partial charge on any atom is 0.326 e. The van der Waals surface area contributed by atoms with Gasteiger partial charge in [0.2, 0.25) is 0 Å².